The lowest BCUT2D eigenvalue weighted by Gasteiger charge is -2.18. The predicted molar refractivity (Wildman–Crippen MR) is 135 cm³/mol. The molecule has 3 aromatic carbocycles. The molecule has 0 aliphatic heterocycles. The summed E-state index contributed by atoms with van der Waals surface area (Å²) >= 11 is 0. The number of nitrogens with one attached hydrogen (secondary N) is 3. The lowest BCUT2D eigenvalue weighted by molar-refractivity contribution is -0.123. The van der Waals surface area contributed by atoms with Crippen molar-refractivity contribution in [2.75, 3.05) is 0 Å². The number of H-pyrrole nitrogens is 1. The Hall–Kier alpha value is -4.59. The number of hydrogen-bond donors (Lipinski definition) is 3. The third-order valence-electron chi connectivity index (χ3n) is 5.56. The molecule has 2 amide bonds. The first-order valence-corrected chi connectivity index (χ1v) is 11.2. The van der Waals surface area contributed by atoms with E-state index < -0.39 is 17.9 Å². The lowest BCUT2D eigenvalue weighted by atomic mass is 10.0. The Kier molecular flexibility index (Phi) is 7.11. The van der Waals surface area contributed by atoms with Crippen LogP contribution in [0.5, 0.6) is 0 Å². The average Bonchev–Trinajstić information content (AvgIpc) is 2.88. The standard InChI is InChI=1S/C27H25N5O3/c1-17(2)19-14-12-18(13-15-19)16-28-31-27(35)24(29-25(33)20-8-4-3-5-9-20)23-21-10-6-7-11-22(21)26(34)32-30-23/h3-17,24H,1-2H3,(H,29,33)(H,31,35)(H,32,34)/b28-16-/t24-/m1/s1. The van der Waals surface area contributed by atoms with Crippen LogP contribution in [0.2, 0.25) is 0 Å². The number of nitrogens with zero attached hydrogens (tertiary/aromatic N) is 2. The summed E-state index contributed by atoms with van der Waals surface area (Å²) < 4.78 is 0. The van der Waals surface area contributed by atoms with Gasteiger partial charge in [0, 0.05) is 10.9 Å². The molecule has 0 aliphatic rings. The van der Waals surface area contributed by atoms with Crippen molar-refractivity contribution in [2.45, 2.75) is 25.8 Å². The summed E-state index contributed by atoms with van der Waals surface area (Å²) in [5, 5.41) is 14.1. The van der Waals surface area contributed by atoms with Crippen LogP contribution >= 0.6 is 0 Å². The third kappa shape index (κ3) is 5.50. The minimum atomic E-state index is -1.20. The Morgan fingerprint density at radius 2 is 1.57 bits per heavy atom. The zero-order chi connectivity index (χ0) is 24.8. The van der Waals surface area contributed by atoms with Gasteiger partial charge in [0.2, 0.25) is 0 Å². The maximum absolute atomic E-state index is 13.2. The van der Waals surface area contributed by atoms with Crippen LogP contribution in [0.3, 0.4) is 0 Å². The van der Waals surface area contributed by atoms with Gasteiger partial charge in [-0.25, -0.2) is 10.5 Å². The second kappa shape index (κ2) is 10.6. The Morgan fingerprint density at radius 1 is 0.914 bits per heavy atom. The molecule has 176 valence electrons. The van der Waals surface area contributed by atoms with Gasteiger partial charge in [-0.3, -0.25) is 14.4 Å². The monoisotopic (exact) mass is 467 g/mol. The van der Waals surface area contributed by atoms with E-state index in [0.717, 1.165) is 5.56 Å². The molecule has 1 heterocycles. The van der Waals surface area contributed by atoms with Gasteiger partial charge >= 0.3 is 0 Å². The van der Waals surface area contributed by atoms with Crippen molar-refractivity contribution >= 4 is 28.8 Å². The summed E-state index contributed by atoms with van der Waals surface area (Å²) in [5.74, 6) is -0.653. The van der Waals surface area contributed by atoms with E-state index in [1.807, 2.05) is 24.3 Å². The number of carbonyl (C=O) groups is 2. The van der Waals surface area contributed by atoms with Crippen molar-refractivity contribution < 1.29 is 9.59 Å². The Labute approximate surface area is 202 Å². The van der Waals surface area contributed by atoms with E-state index in [1.54, 1.807) is 54.6 Å². The molecular formula is C27H25N5O3. The molecule has 0 saturated carbocycles. The van der Waals surface area contributed by atoms with Crippen LogP contribution in [0, 0.1) is 0 Å². The molecule has 8 heteroatoms. The first kappa shape index (κ1) is 23.6. The summed E-state index contributed by atoms with van der Waals surface area (Å²) in [5.41, 5.74) is 4.70. The molecule has 1 atom stereocenters. The van der Waals surface area contributed by atoms with Crippen LogP contribution in [0.25, 0.3) is 10.8 Å². The number of benzene rings is 3. The van der Waals surface area contributed by atoms with E-state index >= 15 is 0 Å². The number of hydrazone groups is 1. The molecule has 35 heavy (non-hydrogen) atoms. The normalized spacial score (nSPS) is 12.1. The molecule has 0 saturated heterocycles. The first-order chi connectivity index (χ1) is 16.9. The van der Waals surface area contributed by atoms with Crippen molar-refractivity contribution in [1.82, 2.24) is 20.9 Å². The van der Waals surface area contributed by atoms with E-state index in [1.165, 1.54) is 11.8 Å². The molecule has 1 aromatic heterocycles. The van der Waals surface area contributed by atoms with Gasteiger partial charge in [0.05, 0.1) is 11.6 Å². The second-order valence-corrected chi connectivity index (χ2v) is 8.31. The smallest absolute Gasteiger partial charge is 0.272 e. The summed E-state index contributed by atoms with van der Waals surface area (Å²) in [6.07, 6.45) is 1.52. The Balaban J connectivity index is 1.62. The van der Waals surface area contributed by atoms with E-state index in [9.17, 15) is 14.4 Å². The quantitative estimate of drug-likeness (QED) is 0.284. The van der Waals surface area contributed by atoms with Crippen LogP contribution in [0.15, 0.2) is 88.8 Å². The van der Waals surface area contributed by atoms with E-state index in [-0.39, 0.29) is 11.3 Å². The van der Waals surface area contributed by atoms with Crippen molar-refractivity contribution in [3.8, 4) is 0 Å². The highest BCUT2D eigenvalue weighted by Crippen LogP contribution is 2.20. The van der Waals surface area contributed by atoms with Crippen LogP contribution < -0.4 is 16.3 Å². The summed E-state index contributed by atoms with van der Waals surface area (Å²) in [4.78, 5) is 38.3. The molecule has 3 N–H and O–H groups in total. The van der Waals surface area contributed by atoms with Gasteiger partial charge in [-0.2, -0.15) is 10.2 Å². The molecule has 0 radical (unpaired) electrons. The highest BCUT2D eigenvalue weighted by Gasteiger charge is 2.27. The van der Waals surface area contributed by atoms with Gasteiger partial charge in [0.15, 0.2) is 6.04 Å². The van der Waals surface area contributed by atoms with Crippen LogP contribution in [-0.2, 0) is 4.79 Å². The molecule has 0 aliphatic carbocycles. The van der Waals surface area contributed by atoms with Crippen LogP contribution in [0.1, 0.15) is 53.0 Å². The van der Waals surface area contributed by atoms with Crippen molar-refractivity contribution in [3.05, 3.63) is 112 Å². The summed E-state index contributed by atoms with van der Waals surface area (Å²) in [7, 11) is 0. The third-order valence-corrected chi connectivity index (χ3v) is 5.56. The number of carbonyl (C=O) groups excluding carboxylic acids is 2. The second-order valence-electron chi connectivity index (χ2n) is 8.31. The van der Waals surface area contributed by atoms with Gasteiger partial charge in [-0.05, 0) is 35.2 Å². The molecule has 0 spiro atoms. The number of aromatic amines is 1. The SMILES string of the molecule is CC(C)c1ccc(/C=N\NC(=O)[C@H](NC(=O)c2ccccc2)c2n[nH]c(=O)c3ccccc23)cc1. The number of aromatic nitrogens is 2. The Morgan fingerprint density at radius 3 is 2.26 bits per heavy atom. The van der Waals surface area contributed by atoms with Crippen LogP contribution in [0.4, 0.5) is 0 Å². The topological polar surface area (TPSA) is 116 Å². The van der Waals surface area contributed by atoms with E-state index in [2.05, 4.69) is 39.9 Å². The fourth-order valence-electron chi connectivity index (χ4n) is 3.62. The van der Waals surface area contributed by atoms with Gasteiger partial charge in [0.25, 0.3) is 17.4 Å². The number of hydrogen-bond acceptors (Lipinski definition) is 5. The van der Waals surface area contributed by atoms with Gasteiger partial charge in [0.1, 0.15) is 5.69 Å². The predicted octanol–water partition coefficient (Wildman–Crippen LogP) is 3.67. The molecule has 0 unspecified atom stereocenters. The number of rotatable bonds is 7. The summed E-state index contributed by atoms with van der Waals surface area (Å²) in [6.45, 7) is 4.23. The van der Waals surface area contributed by atoms with Gasteiger partial charge in [-0.15, -0.1) is 0 Å². The number of amides is 2. The minimum absolute atomic E-state index is 0.207. The average molecular weight is 468 g/mol. The largest absolute Gasteiger partial charge is 0.335 e. The highest BCUT2D eigenvalue weighted by molar-refractivity contribution is 5.99. The molecular weight excluding hydrogens is 442 g/mol. The molecule has 0 bridgehead atoms. The molecule has 0 fully saturated rings. The van der Waals surface area contributed by atoms with Crippen molar-refractivity contribution in [3.63, 3.8) is 0 Å². The maximum Gasteiger partial charge on any atom is 0.272 e. The summed E-state index contributed by atoms with van der Waals surface area (Å²) in [6, 6.07) is 21.9. The molecule has 4 rings (SSSR count). The van der Waals surface area contributed by atoms with Crippen LogP contribution in [-0.4, -0.2) is 28.2 Å². The Bertz CT molecular complexity index is 1430. The zero-order valence-electron chi connectivity index (χ0n) is 19.4. The van der Waals surface area contributed by atoms with E-state index in [0.29, 0.717) is 22.3 Å². The van der Waals surface area contributed by atoms with Gasteiger partial charge in [-0.1, -0.05) is 74.5 Å². The van der Waals surface area contributed by atoms with Crippen molar-refractivity contribution in [2.24, 2.45) is 5.10 Å². The molecule has 8 nitrogen and oxygen atoms in total. The fourth-order valence-corrected chi connectivity index (χ4v) is 3.62. The first-order valence-electron chi connectivity index (χ1n) is 11.2. The lowest BCUT2D eigenvalue weighted by Crippen LogP contribution is -2.40. The highest BCUT2D eigenvalue weighted by atomic mass is 16.2. The maximum atomic E-state index is 13.2. The van der Waals surface area contributed by atoms with Gasteiger partial charge < -0.3 is 5.32 Å². The zero-order valence-corrected chi connectivity index (χ0v) is 19.4. The molecule has 4 aromatic rings. The number of fused-ring (bicyclic) bond motifs is 1. The van der Waals surface area contributed by atoms with Crippen molar-refractivity contribution in [1.29, 1.82) is 0 Å². The fraction of sp³-hybridized carbons (Fsp3) is 0.148. The van der Waals surface area contributed by atoms with E-state index in [4.69, 9.17) is 0 Å². The minimum Gasteiger partial charge on any atom is -0.335 e.